The zero-order valence-corrected chi connectivity index (χ0v) is 19.4. The topological polar surface area (TPSA) is 84.9 Å². The number of amides is 2. The smallest absolute Gasteiger partial charge is 0.410 e. The molecule has 170 valence electrons. The van der Waals surface area contributed by atoms with E-state index < -0.39 is 29.2 Å². The fourth-order valence-corrected chi connectivity index (χ4v) is 4.06. The Balaban J connectivity index is 1.77. The van der Waals surface area contributed by atoms with Crippen molar-refractivity contribution in [3.05, 3.63) is 35.4 Å². The lowest BCUT2D eigenvalue weighted by atomic mass is 9.78. The highest BCUT2D eigenvalue weighted by Crippen LogP contribution is 2.46. The number of hydrogen-bond acceptors (Lipinski definition) is 5. The van der Waals surface area contributed by atoms with Crippen molar-refractivity contribution in [2.24, 2.45) is 5.41 Å². The Morgan fingerprint density at radius 2 is 1.68 bits per heavy atom. The molecule has 1 aliphatic heterocycles. The second-order valence-corrected chi connectivity index (χ2v) is 10.4. The van der Waals surface area contributed by atoms with Crippen molar-refractivity contribution in [3.8, 4) is 0 Å². The zero-order valence-electron chi connectivity index (χ0n) is 19.4. The fourth-order valence-electron chi connectivity index (χ4n) is 4.06. The highest BCUT2D eigenvalue weighted by Gasteiger charge is 2.49. The average molecular weight is 431 g/mol. The number of carbonyl (C=O) groups excluding carboxylic acids is 3. The molecule has 2 aliphatic rings. The molecule has 0 aromatic heterocycles. The minimum atomic E-state index is -0.621. The summed E-state index contributed by atoms with van der Waals surface area (Å²) in [5.41, 5.74) is 0.308. The molecule has 2 fully saturated rings. The lowest BCUT2D eigenvalue weighted by molar-refractivity contribution is -0.130. The highest BCUT2D eigenvalue weighted by molar-refractivity contribution is 5.89. The lowest BCUT2D eigenvalue weighted by Gasteiger charge is -2.43. The van der Waals surface area contributed by atoms with E-state index in [-0.39, 0.29) is 11.3 Å². The number of likely N-dealkylation sites (tertiary alicyclic amines) is 1. The van der Waals surface area contributed by atoms with Crippen LogP contribution in [0.3, 0.4) is 0 Å². The zero-order chi connectivity index (χ0) is 23.0. The van der Waals surface area contributed by atoms with Crippen molar-refractivity contribution in [2.75, 3.05) is 13.7 Å². The van der Waals surface area contributed by atoms with Gasteiger partial charge in [-0.1, -0.05) is 26.0 Å². The van der Waals surface area contributed by atoms with E-state index in [0.717, 1.165) is 24.8 Å². The van der Waals surface area contributed by atoms with E-state index in [1.807, 2.05) is 32.9 Å². The number of methoxy groups -OCH3 is 1. The molecular weight excluding hydrogens is 396 g/mol. The number of ether oxygens (including phenoxy) is 2. The first-order chi connectivity index (χ1) is 14.4. The number of carbonyl (C=O) groups is 3. The van der Waals surface area contributed by atoms with Crippen LogP contribution in [0.15, 0.2) is 24.3 Å². The molecule has 0 radical (unpaired) electrons. The highest BCUT2D eigenvalue weighted by atomic mass is 16.6. The third-order valence-corrected chi connectivity index (χ3v) is 6.05. The van der Waals surface area contributed by atoms with Crippen LogP contribution in [0.1, 0.15) is 76.2 Å². The fraction of sp³-hybridized carbons (Fsp3) is 0.625. The summed E-state index contributed by atoms with van der Waals surface area (Å²) in [5.74, 6) is -0.550. The van der Waals surface area contributed by atoms with E-state index in [4.69, 9.17) is 9.47 Å². The van der Waals surface area contributed by atoms with E-state index in [0.29, 0.717) is 18.5 Å². The predicted molar refractivity (Wildman–Crippen MR) is 117 cm³/mol. The summed E-state index contributed by atoms with van der Waals surface area (Å²) < 4.78 is 10.3. The minimum absolute atomic E-state index is 0.0423. The quantitative estimate of drug-likeness (QED) is 0.730. The van der Waals surface area contributed by atoms with E-state index in [1.54, 1.807) is 17.0 Å². The van der Waals surface area contributed by atoms with Crippen molar-refractivity contribution in [2.45, 2.75) is 77.5 Å². The molecular formula is C24H34N2O5. The Bertz CT molecular complexity index is 850. The Morgan fingerprint density at radius 1 is 1.06 bits per heavy atom. The SMILES string of the molecule is COC(=O)c1ccc(C2(NC(=O)C3CC(C)(C)CCN3C(=O)OC(C)(C)C)CC2)cc1. The summed E-state index contributed by atoms with van der Waals surface area (Å²) in [5, 5.41) is 3.20. The molecule has 7 heteroatoms. The van der Waals surface area contributed by atoms with Gasteiger partial charge in [-0.25, -0.2) is 9.59 Å². The van der Waals surface area contributed by atoms with Gasteiger partial charge in [0.1, 0.15) is 11.6 Å². The van der Waals surface area contributed by atoms with Gasteiger partial charge in [-0.15, -0.1) is 0 Å². The molecule has 0 spiro atoms. The first-order valence-corrected chi connectivity index (χ1v) is 10.9. The van der Waals surface area contributed by atoms with E-state index in [1.165, 1.54) is 7.11 Å². The largest absolute Gasteiger partial charge is 0.465 e. The van der Waals surface area contributed by atoms with Crippen LogP contribution < -0.4 is 5.32 Å². The molecule has 1 unspecified atom stereocenters. The molecule has 1 heterocycles. The maximum Gasteiger partial charge on any atom is 0.410 e. The first-order valence-electron chi connectivity index (χ1n) is 10.9. The summed E-state index contributed by atoms with van der Waals surface area (Å²) >= 11 is 0. The van der Waals surface area contributed by atoms with Gasteiger partial charge in [0, 0.05) is 6.54 Å². The third kappa shape index (κ3) is 5.38. The maximum absolute atomic E-state index is 13.4. The molecule has 31 heavy (non-hydrogen) atoms. The van der Waals surface area contributed by atoms with Crippen LogP contribution in [0.2, 0.25) is 0 Å². The van der Waals surface area contributed by atoms with Crippen molar-refractivity contribution < 1.29 is 23.9 Å². The lowest BCUT2D eigenvalue weighted by Crippen LogP contribution is -2.57. The van der Waals surface area contributed by atoms with Crippen molar-refractivity contribution in [1.82, 2.24) is 10.2 Å². The van der Waals surface area contributed by atoms with Crippen LogP contribution in [-0.4, -0.2) is 48.2 Å². The summed E-state index contributed by atoms with van der Waals surface area (Å²) in [4.78, 5) is 39.4. The second kappa shape index (κ2) is 8.17. The molecule has 3 rings (SSSR count). The standard InChI is InChI=1S/C24H34N2O5/c1-22(2,3)31-21(29)26-14-13-23(4,5)15-18(26)19(27)25-24(11-12-24)17-9-7-16(8-10-17)20(28)30-6/h7-10,18H,11-15H2,1-6H3,(H,25,27). The molecule has 1 aromatic rings. The van der Waals surface area contributed by atoms with Crippen LogP contribution in [0, 0.1) is 5.41 Å². The third-order valence-electron chi connectivity index (χ3n) is 6.05. The van der Waals surface area contributed by atoms with E-state index >= 15 is 0 Å². The molecule has 1 N–H and O–H groups in total. The molecule has 1 aliphatic carbocycles. The number of piperidine rings is 1. The molecule has 1 saturated carbocycles. The summed E-state index contributed by atoms with van der Waals surface area (Å²) in [6.07, 6.45) is 2.58. The van der Waals surface area contributed by atoms with E-state index in [2.05, 4.69) is 19.2 Å². The average Bonchev–Trinajstić information content (AvgIpc) is 3.46. The van der Waals surface area contributed by atoms with Gasteiger partial charge in [-0.2, -0.15) is 0 Å². The van der Waals surface area contributed by atoms with Gasteiger partial charge in [-0.05, 0) is 69.6 Å². The monoisotopic (exact) mass is 430 g/mol. The summed E-state index contributed by atoms with van der Waals surface area (Å²) in [7, 11) is 1.35. The van der Waals surface area contributed by atoms with Gasteiger partial charge in [0.15, 0.2) is 0 Å². The molecule has 1 atom stereocenters. The van der Waals surface area contributed by atoms with Gasteiger partial charge in [0.2, 0.25) is 5.91 Å². The Labute approximate surface area is 184 Å². The Hall–Kier alpha value is -2.57. The van der Waals surface area contributed by atoms with Gasteiger partial charge < -0.3 is 14.8 Å². The summed E-state index contributed by atoms with van der Waals surface area (Å²) in [6.45, 7) is 10.2. The van der Waals surface area contributed by atoms with Crippen LogP contribution in [0.4, 0.5) is 4.79 Å². The number of nitrogens with zero attached hydrogens (tertiary/aromatic N) is 1. The minimum Gasteiger partial charge on any atom is -0.465 e. The summed E-state index contributed by atoms with van der Waals surface area (Å²) in [6, 6.07) is 6.56. The van der Waals surface area contributed by atoms with Crippen LogP contribution >= 0.6 is 0 Å². The Kier molecular flexibility index (Phi) is 6.09. The normalized spacial score (nSPS) is 21.7. The maximum atomic E-state index is 13.4. The first kappa shape index (κ1) is 23.1. The molecule has 0 bridgehead atoms. The van der Waals surface area contributed by atoms with E-state index in [9.17, 15) is 14.4 Å². The van der Waals surface area contributed by atoms with Crippen molar-refractivity contribution >= 4 is 18.0 Å². The van der Waals surface area contributed by atoms with Gasteiger partial charge >= 0.3 is 12.1 Å². The molecule has 2 amide bonds. The van der Waals surface area contributed by atoms with Gasteiger partial charge in [-0.3, -0.25) is 9.69 Å². The number of esters is 1. The number of hydrogen-bond donors (Lipinski definition) is 1. The van der Waals surface area contributed by atoms with Crippen LogP contribution in [-0.2, 0) is 19.8 Å². The number of nitrogens with one attached hydrogen (secondary N) is 1. The molecule has 1 saturated heterocycles. The van der Waals surface area contributed by atoms with Crippen molar-refractivity contribution in [3.63, 3.8) is 0 Å². The predicted octanol–water partition coefficient (Wildman–Crippen LogP) is 4.00. The van der Waals surface area contributed by atoms with Gasteiger partial charge in [0.05, 0.1) is 18.2 Å². The number of rotatable bonds is 4. The van der Waals surface area contributed by atoms with Gasteiger partial charge in [0.25, 0.3) is 0 Å². The molecule has 1 aromatic carbocycles. The number of benzene rings is 1. The Morgan fingerprint density at radius 3 is 2.19 bits per heavy atom. The van der Waals surface area contributed by atoms with Crippen molar-refractivity contribution in [1.29, 1.82) is 0 Å². The second-order valence-electron chi connectivity index (χ2n) is 10.4. The van der Waals surface area contributed by atoms with Crippen LogP contribution in [0.5, 0.6) is 0 Å². The van der Waals surface area contributed by atoms with Crippen LogP contribution in [0.25, 0.3) is 0 Å². The molecule has 7 nitrogen and oxygen atoms in total.